The number of aromatic nitrogens is 4. The van der Waals surface area contributed by atoms with Crippen molar-refractivity contribution in [2.75, 3.05) is 42.1 Å². The van der Waals surface area contributed by atoms with Gasteiger partial charge in [0, 0.05) is 49.8 Å². The molecular formula is C38H43N9O3. The molecule has 2 aliphatic rings. The molecule has 12 heteroatoms. The van der Waals surface area contributed by atoms with E-state index in [-0.39, 0.29) is 36.7 Å². The molecule has 5 aromatic rings. The summed E-state index contributed by atoms with van der Waals surface area (Å²) in [7, 11) is 0. The molecule has 3 unspecified atom stereocenters. The number of ether oxygens (including phenoxy) is 1. The first-order valence-electron chi connectivity index (χ1n) is 17.4. The first-order chi connectivity index (χ1) is 24.5. The van der Waals surface area contributed by atoms with Gasteiger partial charge in [0.2, 0.25) is 5.95 Å². The number of amides is 3. The molecule has 12 nitrogen and oxygen atoms in total. The molecule has 7 rings (SSSR count). The maximum atomic E-state index is 12.9. The number of piperidine rings is 1. The van der Waals surface area contributed by atoms with Gasteiger partial charge in [0.1, 0.15) is 18.8 Å². The lowest BCUT2D eigenvalue weighted by Crippen LogP contribution is -2.46. The zero-order chi connectivity index (χ0) is 34.3. The number of para-hydroxylation sites is 1. The summed E-state index contributed by atoms with van der Waals surface area (Å²) >= 11 is 0. The van der Waals surface area contributed by atoms with Crippen molar-refractivity contribution in [1.82, 2.24) is 29.3 Å². The van der Waals surface area contributed by atoms with Gasteiger partial charge in [0.25, 0.3) is 0 Å². The highest BCUT2D eigenvalue weighted by atomic mass is 16.6. The van der Waals surface area contributed by atoms with Crippen LogP contribution in [0.4, 0.5) is 26.9 Å². The van der Waals surface area contributed by atoms with Crippen molar-refractivity contribution in [3.8, 4) is 5.82 Å². The minimum absolute atomic E-state index is 0.0592. The molecule has 2 aromatic heterocycles. The van der Waals surface area contributed by atoms with Crippen LogP contribution in [0, 0.1) is 5.92 Å². The van der Waals surface area contributed by atoms with Gasteiger partial charge in [-0.15, -0.1) is 0 Å². The molecule has 0 bridgehead atoms. The van der Waals surface area contributed by atoms with Gasteiger partial charge in [-0.3, -0.25) is 4.57 Å². The van der Waals surface area contributed by atoms with Crippen molar-refractivity contribution in [3.05, 3.63) is 103 Å². The van der Waals surface area contributed by atoms with Crippen LogP contribution >= 0.6 is 0 Å². The second-order valence-corrected chi connectivity index (χ2v) is 13.0. The summed E-state index contributed by atoms with van der Waals surface area (Å²) in [5.74, 6) is 1.50. The van der Waals surface area contributed by atoms with Gasteiger partial charge in [-0.1, -0.05) is 48.5 Å². The fraction of sp³-hybridized carbons (Fsp3) is 0.342. The Morgan fingerprint density at radius 1 is 0.920 bits per heavy atom. The van der Waals surface area contributed by atoms with Crippen LogP contribution in [-0.2, 0) is 11.3 Å². The number of rotatable bonds is 10. The number of nitrogens with zero attached hydrogens (tertiary/aromatic N) is 6. The number of carbonyl (C=O) groups is 2. The molecular weight excluding hydrogens is 630 g/mol. The lowest BCUT2D eigenvalue weighted by Gasteiger charge is -2.36. The fourth-order valence-electron chi connectivity index (χ4n) is 6.83. The van der Waals surface area contributed by atoms with Crippen molar-refractivity contribution < 1.29 is 14.3 Å². The Bertz CT molecular complexity index is 1900. The molecule has 0 aliphatic carbocycles. The van der Waals surface area contributed by atoms with Gasteiger partial charge >= 0.3 is 12.1 Å². The number of hydrogen-bond acceptors (Lipinski definition) is 8. The van der Waals surface area contributed by atoms with E-state index in [1.807, 2.05) is 99.3 Å². The quantitative estimate of drug-likeness (QED) is 0.148. The molecule has 50 heavy (non-hydrogen) atoms. The van der Waals surface area contributed by atoms with Crippen molar-refractivity contribution in [2.45, 2.75) is 51.3 Å². The summed E-state index contributed by atoms with van der Waals surface area (Å²) in [5.41, 5.74) is 4.46. The largest absolute Gasteiger partial charge is 0.445 e. The number of nitrogens with one attached hydrogen (secondary N) is 3. The maximum Gasteiger partial charge on any atom is 0.410 e. The molecule has 2 aliphatic heterocycles. The van der Waals surface area contributed by atoms with E-state index >= 15 is 0 Å². The third-order valence-corrected chi connectivity index (χ3v) is 9.63. The Labute approximate surface area is 291 Å². The molecule has 3 N–H and O–H groups in total. The number of benzene rings is 3. The molecule has 0 spiro atoms. The lowest BCUT2D eigenvalue weighted by molar-refractivity contribution is 0.0936. The summed E-state index contributed by atoms with van der Waals surface area (Å²) in [4.78, 5) is 43.5. The normalized spacial score (nSPS) is 18.1. The van der Waals surface area contributed by atoms with E-state index in [2.05, 4.69) is 32.8 Å². The predicted octanol–water partition coefficient (Wildman–Crippen LogP) is 6.77. The Balaban J connectivity index is 0.944. The minimum Gasteiger partial charge on any atom is -0.445 e. The van der Waals surface area contributed by atoms with E-state index in [9.17, 15) is 9.59 Å². The number of fused-ring (bicyclic) bond motifs is 1. The third kappa shape index (κ3) is 7.80. The molecule has 0 radical (unpaired) electrons. The maximum absolute atomic E-state index is 12.9. The molecule has 2 fully saturated rings. The summed E-state index contributed by atoms with van der Waals surface area (Å²) in [6.45, 7) is 5.12. The standard InChI is InChI=1S/C38H43N9O3/c1-27(29-12-8-20-45(24-29)37(48)43-30-13-6-3-7-14-30)42-36-39-19-18-35(44-36)47-26-41-33-22-31(16-17-34(33)47)40-23-32-15-9-21-46(32)38(49)50-25-28-10-4-2-5-11-28/h2-7,10-11,13-14,16-19,22,26-27,29,32,40H,8-9,12,15,20-21,23-25H2,1H3,(H,43,48)(H,39,42,44). The summed E-state index contributed by atoms with van der Waals surface area (Å²) in [6.07, 6.45) is 7.09. The Morgan fingerprint density at radius 2 is 1.72 bits per heavy atom. The lowest BCUT2D eigenvalue weighted by atomic mass is 9.92. The average molecular weight is 674 g/mol. The van der Waals surface area contributed by atoms with Gasteiger partial charge in [-0.25, -0.2) is 19.6 Å². The van der Waals surface area contributed by atoms with E-state index in [4.69, 9.17) is 9.72 Å². The first-order valence-corrected chi connectivity index (χ1v) is 17.4. The van der Waals surface area contributed by atoms with Gasteiger partial charge in [-0.05, 0) is 80.5 Å². The molecule has 3 amide bonds. The van der Waals surface area contributed by atoms with Gasteiger partial charge in [0.05, 0.1) is 17.1 Å². The van der Waals surface area contributed by atoms with Crippen LogP contribution in [0.25, 0.3) is 16.9 Å². The minimum atomic E-state index is -0.271. The number of urea groups is 1. The van der Waals surface area contributed by atoms with Crippen LogP contribution in [-0.4, -0.2) is 79.7 Å². The summed E-state index contributed by atoms with van der Waals surface area (Å²) < 4.78 is 7.56. The van der Waals surface area contributed by atoms with Crippen LogP contribution in [0.2, 0.25) is 0 Å². The highest BCUT2D eigenvalue weighted by Crippen LogP contribution is 2.25. The van der Waals surface area contributed by atoms with Crippen LogP contribution in [0.1, 0.15) is 38.2 Å². The number of hydrogen-bond donors (Lipinski definition) is 3. The number of likely N-dealkylation sites (tertiary alicyclic amines) is 2. The van der Waals surface area contributed by atoms with Crippen LogP contribution < -0.4 is 16.0 Å². The molecule has 3 aromatic carbocycles. The van der Waals surface area contributed by atoms with E-state index in [0.717, 1.165) is 60.2 Å². The first kappa shape index (κ1) is 32.9. The topological polar surface area (TPSA) is 130 Å². The van der Waals surface area contributed by atoms with Crippen LogP contribution in [0.3, 0.4) is 0 Å². The van der Waals surface area contributed by atoms with E-state index in [1.165, 1.54) is 0 Å². The van der Waals surface area contributed by atoms with E-state index in [0.29, 0.717) is 31.4 Å². The second-order valence-electron chi connectivity index (χ2n) is 13.0. The van der Waals surface area contributed by atoms with Gasteiger partial charge in [0.15, 0.2) is 0 Å². The van der Waals surface area contributed by atoms with Crippen molar-refractivity contribution in [3.63, 3.8) is 0 Å². The predicted molar refractivity (Wildman–Crippen MR) is 194 cm³/mol. The zero-order valence-electron chi connectivity index (χ0n) is 28.2. The highest BCUT2D eigenvalue weighted by molar-refractivity contribution is 5.89. The van der Waals surface area contributed by atoms with Crippen molar-refractivity contribution in [2.24, 2.45) is 5.92 Å². The molecule has 258 valence electrons. The van der Waals surface area contributed by atoms with E-state index in [1.54, 1.807) is 12.5 Å². The van der Waals surface area contributed by atoms with Gasteiger partial charge in [-0.2, -0.15) is 4.98 Å². The smallest absolute Gasteiger partial charge is 0.410 e. The molecule has 3 atom stereocenters. The fourth-order valence-corrected chi connectivity index (χ4v) is 6.83. The summed E-state index contributed by atoms with van der Waals surface area (Å²) in [6, 6.07) is 27.3. The molecule has 0 saturated carbocycles. The number of imidazole rings is 1. The summed E-state index contributed by atoms with van der Waals surface area (Å²) in [5, 5.41) is 10.0. The van der Waals surface area contributed by atoms with Crippen molar-refractivity contribution in [1.29, 1.82) is 0 Å². The Morgan fingerprint density at radius 3 is 2.56 bits per heavy atom. The van der Waals surface area contributed by atoms with Gasteiger partial charge < -0.3 is 30.5 Å². The Hall–Kier alpha value is -5.65. The SMILES string of the molecule is CC(Nc1nccc(-n2cnc3cc(NCC4CCCN4C(=O)OCc4ccccc4)ccc32)n1)C1CCCN(C(=O)Nc2ccccc2)C1. The monoisotopic (exact) mass is 673 g/mol. The number of anilines is 3. The van der Waals surface area contributed by atoms with Crippen LogP contribution in [0.15, 0.2) is 97.5 Å². The molecule has 2 saturated heterocycles. The third-order valence-electron chi connectivity index (χ3n) is 9.63. The van der Waals surface area contributed by atoms with E-state index < -0.39 is 0 Å². The average Bonchev–Trinajstić information content (AvgIpc) is 3.81. The second kappa shape index (κ2) is 15.3. The molecule has 4 heterocycles. The zero-order valence-corrected chi connectivity index (χ0v) is 28.2. The van der Waals surface area contributed by atoms with Crippen molar-refractivity contribution >= 4 is 40.5 Å². The number of carbonyl (C=O) groups excluding carboxylic acids is 2. The highest BCUT2D eigenvalue weighted by Gasteiger charge is 2.30. The van der Waals surface area contributed by atoms with Crippen LogP contribution in [0.5, 0.6) is 0 Å². The Kier molecular flexibility index (Phi) is 10.0.